The van der Waals surface area contributed by atoms with E-state index in [0.717, 1.165) is 25.0 Å². The highest BCUT2D eigenvalue weighted by atomic mass is 16.5. The third-order valence-electron chi connectivity index (χ3n) is 5.35. The van der Waals surface area contributed by atoms with Gasteiger partial charge in [-0.3, -0.25) is 9.59 Å². The number of rotatable bonds is 3. The highest BCUT2D eigenvalue weighted by Gasteiger charge is 2.41. The molecule has 0 heterocycles. The lowest BCUT2D eigenvalue weighted by Crippen LogP contribution is -2.39. The molecule has 3 nitrogen and oxygen atoms in total. The number of methoxy groups -OCH3 is 1. The van der Waals surface area contributed by atoms with Crippen molar-refractivity contribution in [3.8, 4) is 5.75 Å². The van der Waals surface area contributed by atoms with Crippen molar-refractivity contribution < 1.29 is 14.3 Å². The quantitative estimate of drug-likeness (QED) is 0.788. The molecule has 0 amide bonds. The number of carbonyl (C=O) groups is 2. The van der Waals surface area contributed by atoms with E-state index in [1.807, 2.05) is 13.0 Å². The zero-order chi connectivity index (χ0) is 16.4. The van der Waals surface area contributed by atoms with E-state index < -0.39 is 5.41 Å². The summed E-state index contributed by atoms with van der Waals surface area (Å²) in [7, 11) is 1.68. The van der Waals surface area contributed by atoms with Crippen molar-refractivity contribution in [3.63, 3.8) is 0 Å². The summed E-state index contributed by atoms with van der Waals surface area (Å²) in [5, 5.41) is 0. The van der Waals surface area contributed by atoms with Crippen LogP contribution in [0.25, 0.3) is 5.57 Å². The molecule has 1 aromatic carbocycles. The topological polar surface area (TPSA) is 43.4 Å². The van der Waals surface area contributed by atoms with Gasteiger partial charge in [0.05, 0.1) is 12.5 Å². The second kappa shape index (κ2) is 6.31. The minimum atomic E-state index is -0.810. The monoisotopic (exact) mass is 312 g/mol. The van der Waals surface area contributed by atoms with Gasteiger partial charge in [-0.2, -0.15) is 0 Å². The molecule has 0 N–H and O–H groups in total. The average molecular weight is 312 g/mol. The van der Waals surface area contributed by atoms with E-state index in [-0.39, 0.29) is 11.6 Å². The normalized spacial score (nSPS) is 22.1. The fraction of sp³-hybridized carbons (Fsp3) is 0.500. The number of hydrogen-bond acceptors (Lipinski definition) is 3. The van der Waals surface area contributed by atoms with E-state index in [1.165, 1.54) is 16.7 Å². The van der Waals surface area contributed by atoms with Gasteiger partial charge in [0.25, 0.3) is 0 Å². The van der Waals surface area contributed by atoms with E-state index >= 15 is 0 Å². The molecule has 0 spiro atoms. The van der Waals surface area contributed by atoms with Gasteiger partial charge in [-0.05, 0) is 67.9 Å². The van der Waals surface area contributed by atoms with Gasteiger partial charge in [0.15, 0.2) is 0 Å². The fourth-order valence-electron chi connectivity index (χ4n) is 3.70. The Labute approximate surface area is 137 Å². The van der Waals surface area contributed by atoms with Gasteiger partial charge < -0.3 is 4.74 Å². The van der Waals surface area contributed by atoms with Crippen molar-refractivity contribution in [1.82, 2.24) is 0 Å². The third-order valence-corrected chi connectivity index (χ3v) is 5.35. The van der Waals surface area contributed by atoms with Gasteiger partial charge >= 0.3 is 0 Å². The summed E-state index contributed by atoms with van der Waals surface area (Å²) >= 11 is 0. The number of ketones is 2. The van der Waals surface area contributed by atoms with Crippen LogP contribution in [0.4, 0.5) is 0 Å². The van der Waals surface area contributed by atoms with Crippen LogP contribution in [0.2, 0.25) is 0 Å². The van der Waals surface area contributed by atoms with Crippen LogP contribution < -0.4 is 4.74 Å². The number of allylic oxidation sites excluding steroid dienone is 2. The van der Waals surface area contributed by atoms with E-state index in [0.29, 0.717) is 25.7 Å². The van der Waals surface area contributed by atoms with E-state index in [1.54, 1.807) is 7.11 Å². The maximum atomic E-state index is 12.3. The predicted molar refractivity (Wildman–Crippen MR) is 90.5 cm³/mol. The Bertz CT molecular complexity index is 653. The molecule has 1 fully saturated rings. The van der Waals surface area contributed by atoms with Crippen LogP contribution in [-0.4, -0.2) is 18.7 Å². The molecule has 0 unspecified atom stereocenters. The van der Waals surface area contributed by atoms with Gasteiger partial charge in [0.2, 0.25) is 0 Å². The second-order valence-corrected chi connectivity index (χ2v) is 6.84. The first-order chi connectivity index (χ1) is 11.0. The molecule has 1 aromatic rings. The first-order valence-electron chi connectivity index (χ1n) is 8.47. The Morgan fingerprint density at radius 3 is 2.48 bits per heavy atom. The summed E-state index contributed by atoms with van der Waals surface area (Å²) in [6, 6.07) is 6.18. The van der Waals surface area contributed by atoms with Crippen molar-refractivity contribution in [2.75, 3.05) is 7.11 Å². The summed E-state index contributed by atoms with van der Waals surface area (Å²) in [5.41, 5.74) is 3.00. The Morgan fingerprint density at radius 2 is 1.78 bits per heavy atom. The highest BCUT2D eigenvalue weighted by Crippen LogP contribution is 2.37. The predicted octanol–water partition coefficient (Wildman–Crippen LogP) is 4.13. The maximum absolute atomic E-state index is 12.3. The summed E-state index contributed by atoms with van der Waals surface area (Å²) in [6.07, 6.45) is 7.63. The minimum absolute atomic E-state index is 0.108. The van der Waals surface area contributed by atoms with Gasteiger partial charge in [0, 0.05) is 12.8 Å². The first kappa shape index (κ1) is 16.0. The van der Waals surface area contributed by atoms with E-state index in [2.05, 4.69) is 18.2 Å². The summed E-state index contributed by atoms with van der Waals surface area (Å²) in [4.78, 5) is 24.5. The summed E-state index contributed by atoms with van der Waals surface area (Å²) < 4.78 is 5.31. The van der Waals surface area contributed by atoms with E-state index in [4.69, 9.17) is 4.74 Å². The minimum Gasteiger partial charge on any atom is -0.497 e. The van der Waals surface area contributed by atoms with Crippen LogP contribution in [-0.2, 0) is 16.0 Å². The van der Waals surface area contributed by atoms with Gasteiger partial charge in [-0.25, -0.2) is 0 Å². The summed E-state index contributed by atoms with van der Waals surface area (Å²) in [6.45, 7) is 1.83. The number of carbonyl (C=O) groups excluding carboxylic acids is 2. The van der Waals surface area contributed by atoms with Crippen molar-refractivity contribution in [1.29, 1.82) is 0 Å². The molecule has 2 aliphatic rings. The SMILES string of the molecule is COc1ccc2c(c1)CCCC2=CCC1(C)C(=O)CCCC1=O. The Balaban J connectivity index is 1.87. The molecule has 2 aliphatic carbocycles. The van der Waals surface area contributed by atoms with Crippen molar-refractivity contribution >= 4 is 17.1 Å². The molecule has 0 atom stereocenters. The zero-order valence-corrected chi connectivity index (χ0v) is 14.0. The van der Waals surface area contributed by atoms with Crippen LogP contribution in [0.3, 0.4) is 0 Å². The molecule has 23 heavy (non-hydrogen) atoms. The molecule has 122 valence electrons. The van der Waals surface area contributed by atoms with Gasteiger partial charge in [-0.1, -0.05) is 12.1 Å². The Hall–Kier alpha value is -1.90. The molecule has 0 aromatic heterocycles. The fourth-order valence-corrected chi connectivity index (χ4v) is 3.70. The largest absolute Gasteiger partial charge is 0.497 e. The first-order valence-corrected chi connectivity index (χ1v) is 8.47. The van der Waals surface area contributed by atoms with Crippen molar-refractivity contribution in [2.24, 2.45) is 5.41 Å². The van der Waals surface area contributed by atoms with Crippen LogP contribution in [0, 0.1) is 5.41 Å². The van der Waals surface area contributed by atoms with Crippen molar-refractivity contribution in [3.05, 3.63) is 35.4 Å². The summed E-state index contributed by atoms with van der Waals surface area (Å²) in [5.74, 6) is 1.10. The number of aryl methyl sites for hydroxylation is 1. The number of fused-ring (bicyclic) bond motifs is 1. The maximum Gasteiger partial charge on any atom is 0.146 e. The van der Waals surface area contributed by atoms with Crippen LogP contribution in [0.5, 0.6) is 5.75 Å². The molecule has 3 rings (SSSR count). The molecule has 0 radical (unpaired) electrons. The average Bonchev–Trinajstić information content (AvgIpc) is 2.57. The van der Waals surface area contributed by atoms with Crippen molar-refractivity contribution in [2.45, 2.75) is 51.9 Å². The standard InChI is InChI=1S/C20H24O3/c1-20(18(21)7-4-8-19(20)22)12-11-14-5-3-6-15-13-16(23-2)9-10-17(14)15/h9-11,13H,3-8,12H2,1-2H3. The van der Waals surface area contributed by atoms with Gasteiger partial charge in [0.1, 0.15) is 17.3 Å². The molecular weight excluding hydrogens is 288 g/mol. The molecule has 0 bridgehead atoms. The second-order valence-electron chi connectivity index (χ2n) is 6.84. The lowest BCUT2D eigenvalue weighted by molar-refractivity contribution is -0.142. The Kier molecular flexibility index (Phi) is 4.38. The number of benzene rings is 1. The number of ether oxygens (including phenoxy) is 1. The highest BCUT2D eigenvalue weighted by molar-refractivity contribution is 6.08. The number of Topliss-reactive ketones (excluding diaryl/α,β-unsaturated/α-hetero) is 2. The molecular formula is C20H24O3. The zero-order valence-electron chi connectivity index (χ0n) is 14.0. The molecule has 3 heteroatoms. The lowest BCUT2D eigenvalue weighted by Gasteiger charge is -2.30. The third kappa shape index (κ3) is 2.97. The molecule has 0 saturated heterocycles. The van der Waals surface area contributed by atoms with Crippen LogP contribution in [0.15, 0.2) is 24.3 Å². The van der Waals surface area contributed by atoms with Crippen LogP contribution >= 0.6 is 0 Å². The van der Waals surface area contributed by atoms with Crippen LogP contribution in [0.1, 0.15) is 56.6 Å². The Morgan fingerprint density at radius 1 is 1.09 bits per heavy atom. The lowest BCUT2D eigenvalue weighted by atomic mass is 9.70. The molecule has 0 aliphatic heterocycles. The molecule has 1 saturated carbocycles. The number of hydrogen-bond donors (Lipinski definition) is 0. The smallest absolute Gasteiger partial charge is 0.146 e. The van der Waals surface area contributed by atoms with E-state index in [9.17, 15) is 9.59 Å². The van der Waals surface area contributed by atoms with Gasteiger partial charge in [-0.15, -0.1) is 0 Å².